The average molecular weight is 326 g/mol. The number of anilines is 2. The van der Waals surface area contributed by atoms with Crippen LogP contribution in [0.1, 0.15) is 25.3 Å². The predicted octanol–water partition coefficient (Wildman–Crippen LogP) is 4.86. The summed E-state index contributed by atoms with van der Waals surface area (Å²) >= 11 is 5.23. The molecule has 0 saturated carbocycles. The normalized spacial score (nSPS) is 11.0. The first-order chi connectivity index (χ1) is 9.69. The first-order valence-corrected chi connectivity index (χ1v) is 9.71. The average Bonchev–Trinajstić information content (AvgIpc) is 2.87. The van der Waals surface area contributed by atoms with Crippen LogP contribution in [0.5, 0.6) is 0 Å². The molecule has 0 atom stereocenters. The minimum absolute atomic E-state index is 0.560. The first kappa shape index (κ1) is 15.7. The van der Waals surface area contributed by atoms with E-state index >= 15 is 0 Å². The Balaban J connectivity index is 1.92. The summed E-state index contributed by atoms with van der Waals surface area (Å²) in [5.41, 5.74) is 2.41. The van der Waals surface area contributed by atoms with E-state index < -0.39 is 0 Å². The highest BCUT2D eigenvalue weighted by molar-refractivity contribution is 8.03. The number of benzene rings is 1. The van der Waals surface area contributed by atoms with E-state index in [0.29, 0.717) is 5.92 Å². The summed E-state index contributed by atoms with van der Waals surface area (Å²) in [7, 11) is 0. The predicted molar refractivity (Wildman–Crippen MR) is 92.8 cm³/mol. The molecule has 0 aliphatic rings. The molecule has 20 heavy (non-hydrogen) atoms. The maximum atomic E-state index is 4.19. The van der Waals surface area contributed by atoms with Crippen LogP contribution in [-0.4, -0.2) is 28.0 Å². The lowest BCUT2D eigenvalue weighted by atomic mass is 10.0. The summed E-state index contributed by atoms with van der Waals surface area (Å²) in [6.45, 7) is 4.40. The van der Waals surface area contributed by atoms with Gasteiger partial charge in [-0.2, -0.15) is 11.8 Å². The molecular weight excluding hydrogens is 306 g/mol. The second-order valence-electron chi connectivity index (χ2n) is 4.62. The van der Waals surface area contributed by atoms with Crippen molar-refractivity contribution in [1.82, 2.24) is 10.2 Å². The molecule has 2 rings (SSSR count). The number of aromatic nitrogens is 2. The first-order valence-electron chi connectivity index (χ1n) is 6.51. The number of thioether (sulfide) groups is 2. The zero-order valence-corrected chi connectivity index (χ0v) is 14.4. The van der Waals surface area contributed by atoms with Crippen LogP contribution in [0.25, 0.3) is 0 Å². The van der Waals surface area contributed by atoms with Gasteiger partial charge in [0.15, 0.2) is 4.34 Å². The van der Waals surface area contributed by atoms with Gasteiger partial charge >= 0.3 is 0 Å². The van der Waals surface area contributed by atoms with Crippen molar-refractivity contribution in [2.75, 3.05) is 23.1 Å². The molecule has 1 N–H and O–H groups in total. The van der Waals surface area contributed by atoms with E-state index in [2.05, 4.69) is 59.9 Å². The third-order valence-electron chi connectivity index (χ3n) is 2.75. The third kappa shape index (κ3) is 4.68. The molecule has 0 radical (unpaired) electrons. The lowest BCUT2D eigenvalue weighted by Crippen LogP contribution is -1.91. The molecule has 1 aromatic heterocycles. The van der Waals surface area contributed by atoms with Crippen LogP contribution in [0.3, 0.4) is 0 Å². The molecule has 1 aromatic carbocycles. The van der Waals surface area contributed by atoms with Crippen LogP contribution < -0.4 is 5.32 Å². The van der Waals surface area contributed by atoms with Crippen LogP contribution in [0.4, 0.5) is 10.8 Å². The highest BCUT2D eigenvalue weighted by atomic mass is 32.2. The van der Waals surface area contributed by atoms with Crippen LogP contribution in [-0.2, 0) is 0 Å². The molecule has 0 amide bonds. The van der Waals surface area contributed by atoms with E-state index in [0.717, 1.165) is 26.7 Å². The van der Waals surface area contributed by atoms with Gasteiger partial charge in [-0.25, -0.2) is 0 Å². The molecule has 0 unspecified atom stereocenters. The molecule has 3 nitrogen and oxygen atoms in total. The fraction of sp³-hybridized carbons (Fsp3) is 0.429. The van der Waals surface area contributed by atoms with Gasteiger partial charge in [-0.15, -0.1) is 10.2 Å². The van der Waals surface area contributed by atoms with Crippen molar-refractivity contribution < 1.29 is 0 Å². The second kappa shape index (κ2) is 7.90. The van der Waals surface area contributed by atoms with E-state index in [9.17, 15) is 0 Å². The number of nitrogens with zero attached hydrogens (tertiary/aromatic N) is 2. The summed E-state index contributed by atoms with van der Waals surface area (Å²) in [5, 5.41) is 12.5. The zero-order valence-electron chi connectivity index (χ0n) is 11.9. The van der Waals surface area contributed by atoms with Crippen molar-refractivity contribution in [3.63, 3.8) is 0 Å². The monoisotopic (exact) mass is 325 g/mol. The molecule has 0 spiro atoms. The standard InChI is InChI=1S/C14H19N3S3/c1-10(2)11-4-6-12(7-5-11)15-13-16-17-14(20-13)19-9-8-18-3/h4-7,10H,8-9H2,1-3H3,(H,15,16). The van der Waals surface area contributed by atoms with E-state index in [1.165, 1.54) is 5.56 Å². The Morgan fingerprint density at radius 1 is 1.15 bits per heavy atom. The fourth-order valence-electron chi connectivity index (χ4n) is 1.61. The Kier molecular flexibility index (Phi) is 6.19. The number of hydrogen-bond donors (Lipinski definition) is 1. The third-order valence-corrected chi connectivity index (χ3v) is 5.59. The molecule has 0 aliphatic heterocycles. The quantitative estimate of drug-likeness (QED) is 0.581. The van der Waals surface area contributed by atoms with Gasteiger partial charge < -0.3 is 5.32 Å². The van der Waals surface area contributed by atoms with Crippen molar-refractivity contribution >= 4 is 45.7 Å². The summed E-state index contributed by atoms with van der Waals surface area (Å²) in [4.78, 5) is 0. The van der Waals surface area contributed by atoms with Crippen LogP contribution in [0, 0.1) is 0 Å². The van der Waals surface area contributed by atoms with Gasteiger partial charge in [0.25, 0.3) is 0 Å². The van der Waals surface area contributed by atoms with Crippen molar-refractivity contribution in [3.8, 4) is 0 Å². The molecule has 108 valence electrons. The number of rotatable bonds is 7. The maximum absolute atomic E-state index is 4.19. The second-order valence-corrected chi connectivity index (χ2v) is 7.92. The lowest BCUT2D eigenvalue weighted by Gasteiger charge is -2.06. The maximum Gasteiger partial charge on any atom is 0.210 e. The Bertz CT molecular complexity index is 523. The summed E-state index contributed by atoms with van der Waals surface area (Å²) < 4.78 is 1.03. The highest BCUT2D eigenvalue weighted by Gasteiger charge is 2.05. The molecule has 6 heteroatoms. The van der Waals surface area contributed by atoms with Gasteiger partial charge in [0.1, 0.15) is 0 Å². The smallest absolute Gasteiger partial charge is 0.210 e. The van der Waals surface area contributed by atoms with Gasteiger partial charge in [0, 0.05) is 17.2 Å². The van der Waals surface area contributed by atoms with Gasteiger partial charge in [0.05, 0.1) is 0 Å². The van der Waals surface area contributed by atoms with Crippen LogP contribution >= 0.6 is 34.9 Å². The van der Waals surface area contributed by atoms with Crippen LogP contribution in [0.2, 0.25) is 0 Å². The number of nitrogens with one attached hydrogen (secondary N) is 1. The van der Waals surface area contributed by atoms with E-state index in [-0.39, 0.29) is 0 Å². The molecule has 0 fully saturated rings. The molecule has 0 aliphatic carbocycles. The number of hydrogen-bond acceptors (Lipinski definition) is 6. The molecule has 2 aromatic rings. The van der Waals surface area contributed by atoms with Crippen molar-refractivity contribution in [1.29, 1.82) is 0 Å². The highest BCUT2D eigenvalue weighted by Crippen LogP contribution is 2.28. The molecule has 0 bridgehead atoms. The largest absolute Gasteiger partial charge is 0.330 e. The fourth-order valence-corrected chi connectivity index (χ4v) is 4.10. The van der Waals surface area contributed by atoms with E-state index in [1.54, 1.807) is 23.1 Å². The van der Waals surface area contributed by atoms with Crippen LogP contribution in [0.15, 0.2) is 28.6 Å². The van der Waals surface area contributed by atoms with Crippen molar-refractivity contribution in [2.24, 2.45) is 0 Å². The topological polar surface area (TPSA) is 37.8 Å². The zero-order chi connectivity index (χ0) is 14.4. The lowest BCUT2D eigenvalue weighted by molar-refractivity contribution is 0.867. The van der Waals surface area contributed by atoms with E-state index in [1.807, 2.05) is 11.8 Å². The van der Waals surface area contributed by atoms with Gasteiger partial charge in [0.2, 0.25) is 5.13 Å². The molecule has 0 saturated heterocycles. The Hall–Kier alpha value is -0.720. The molecular formula is C14H19N3S3. The summed E-state index contributed by atoms with van der Waals surface area (Å²) in [6, 6.07) is 8.50. The van der Waals surface area contributed by atoms with E-state index in [4.69, 9.17) is 0 Å². The van der Waals surface area contributed by atoms with Crippen molar-refractivity contribution in [2.45, 2.75) is 24.1 Å². The van der Waals surface area contributed by atoms with Crippen molar-refractivity contribution in [3.05, 3.63) is 29.8 Å². The summed E-state index contributed by atoms with van der Waals surface area (Å²) in [5.74, 6) is 2.78. The Labute approximate surface area is 133 Å². The Morgan fingerprint density at radius 2 is 1.90 bits per heavy atom. The summed E-state index contributed by atoms with van der Waals surface area (Å²) in [6.07, 6.45) is 2.12. The minimum atomic E-state index is 0.560. The molecule has 1 heterocycles. The van der Waals surface area contributed by atoms with Gasteiger partial charge in [-0.3, -0.25) is 0 Å². The van der Waals surface area contributed by atoms with Gasteiger partial charge in [-0.1, -0.05) is 49.1 Å². The van der Waals surface area contributed by atoms with Gasteiger partial charge in [-0.05, 0) is 29.9 Å². The SMILES string of the molecule is CSCCSc1nnc(Nc2ccc(C(C)C)cc2)s1. The Morgan fingerprint density at radius 3 is 2.55 bits per heavy atom. The minimum Gasteiger partial charge on any atom is -0.330 e.